The van der Waals surface area contributed by atoms with Crippen molar-refractivity contribution >= 4 is 0 Å². The van der Waals surface area contributed by atoms with Gasteiger partial charge in [0.15, 0.2) is 0 Å². The Morgan fingerprint density at radius 3 is 1.31 bits per heavy atom. The first-order valence-electron chi connectivity index (χ1n) is 7.38. The first-order valence-corrected chi connectivity index (χ1v) is 7.38. The summed E-state index contributed by atoms with van der Waals surface area (Å²) in [5, 5.41) is 0. The quantitative estimate of drug-likeness (QED) is 0.414. The van der Waals surface area contributed by atoms with Gasteiger partial charge in [0, 0.05) is 0 Å². The fourth-order valence-corrected chi connectivity index (χ4v) is 2.69. The van der Waals surface area contributed by atoms with E-state index in [0.29, 0.717) is 0 Å². The molecule has 2 radical (unpaired) electrons. The van der Waals surface area contributed by atoms with Crippen molar-refractivity contribution in [3.8, 4) is 0 Å². The zero-order chi connectivity index (χ0) is 12.2. The highest BCUT2D eigenvalue weighted by Gasteiger charge is 2.18. The molecule has 0 heteroatoms. The van der Waals surface area contributed by atoms with Crippen molar-refractivity contribution in [2.24, 2.45) is 11.8 Å². The van der Waals surface area contributed by atoms with Gasteiger partial charge in [-0.3, -0.25) is 0 Å². The largest absolute Gasteiger partial charge is 0.0654 e. The molecule has 0 heterocycles. The fraction of sp³-hybridized carbons (Fsp3) is 0.875. The van der Waals surface area contributed by atoms with E-state index >= 15 is 0 Å². The molecule has 0 aromatic heterocycles. The zero-order valence-electron chi connectivity index (χ0n) is 11.6. The van der Waals surface area contributed by atoms with Gasteiger partial charge in [-0.25, -0.2) is 0 Å². The molecule has 0 aromatic rings. The van der Waals surface area contributed by atoms with Crippen molar-refractivity contribution in [2.75, 3.05) is 0 Å². The first kappa shape index (κ1) is 16.0. The van der Waals surface area contributed by atoms with Gasteiger partial charge < -0.3 is 0 Å². The molecule has 0 aliphatic carbocycles. The Hall–Kier alpha value is 0. The second-order valence-corrected chi connectivity index (χ2v) is 5.09. The summed E-state index contributed by atoms with van der Waals surface area (Å²) in [6.45, 7) is 12.7. The lowest BCUT2D eigenvalue weighted by atomic mass is 9.79. The summed E-state index contributed by atoms with van der Waals surface area (Å²) < 4.78 is 0. The van der Waals surface area contributed by atoms with Gasteiger partial charge in [0.05, 0.1) is 0 Å². The van der Waals surface area contributed by atoms with E-state index in [-0.39, 0.29) is 0 Å². The molecule has 0 bridgehead atoms. The van der Waals surface area contributed by atoms with E-state index in [1.54, 1.807) is 0 Å². The lowest BCUT2D eigenvalue weighted by Crippen LogP contribution is -2.15. The highest BCUT2D eigenvalue weighted by molar-refractivity contribution is 4.72. The minimum Gasteiger partial charge on any atom is -0.0654 e. The molecule has 0 amide bonds. The molecule has 0 aromatic carbocycles. The van der Waals surface area contributed by atoms with Crippen molar-refractivity contribution < 1.29 is 0 Å². The summed E-state index contributed by atoms with van der Waals surface area (Å²) in [5.74, 6) is 1.84. The van der Waals surface area contributed by atoms with Crippen molar-refractivity contribution in [3.05, 3.63) is 13.8 Å². The van der Waals surface area contributed by atoms with Crippen LogP contribution in [0.3, 0.4) is 0 Å². The standard InChI is InChI=1S/C16H32/c1-5-9-13-15(11-7-3)16(12-8-4)14-10-6-2/h15-16H,3-14H2,1-2H3. The molecule has 0 aliphatic rings. The molecule has 0 fully saturated rings. The van der Waals surface area contributed by atoms with Crippen molar-refractivity contribution in [2.45, 2.75) is 78.1 Å². The highest BCUT2D eigenvalue weighted by Crippen LogP contribution is 2.31. The van der Waals surface area contributed by atoms with Gasteiger partial charge in [-0.05, 0) is 11.8 Å². The normalized spacial score (nSPS) is 15.0. The minimum absolute atomic E-state index is 0.922. The Morgan fingerprint density at radius 1 is 0.688 bits per heavy atom. The lowest BCUT2D eigenvalue weighted by molar-refractivity contribution is 0.254. The van der Waals surface area contributed by atoms with E-state index in [2.05, 4.69) is 27.7 Å². The van der Waals surface area contributed by atoms with Crippen LogP contribution in [0.5, 0.6) is 0 Å². The topological polar surface area (TPSA) is 0 Å². The summed E-state index contributed by atoms with van der Waals surface area (Å²) in [5.41, 5.74) is 0. The van der Waals surface area contributed by atoms with Crippen molar-refractivity contribution in [3.63, 3.8) is 0 Å². The summed E-state index contributed by atoms with van der Waals surface area (Å²) in [7, 11) is 0. The maximum absolute atomic E-state index is 4.04. The zero-order valence-corrected chi connectivity index (χ0v) is 11.6. The summed E-state index contributed by atoms with van der Waals surface area (Å²) in [4.78, 5) is 0. The molecule has 0 nitrogen and oxygen atoms in total. The molecule has 0 spiro atoms. The van der Waals surface area contributed by atoms with Crippen LogP contribution in [0, 0.1) is 25.7 Å². The monoisotopic (exact) mass is 224 g/mol. The van der Waals surface area contributed by atoms with Crippen LogP contribution < -0.4 is 0 Å². The van der Waals surface area contributed by atoms with E-state index in [1.807, 2.05) is 0 Å². The van der Waals surface area contributed by atoms with Crippen LogP contribution in [0.1, 0.15) is 78.1 Å². The number of unbranched alkanes of at least 4 members (excludes halogenated alkanes) is 2. The van der Waals surface area contributed by atoms with E-state index < -0.39 is 0 Å². The molecular formula is C16H32. The van der Waals surface area contributed by atoms with Gasteiger partial charge in [0.25, 0.3) is 0 Å². The molecule has 0 N–H and O–H groups in total. The summed E-state index contributed by atoms with van der Waals surface area (Å²) in [6, 6.07) is 0. The third-order valence-corrected chi connectivity index (χ3v) is 3.67. The van der Waals surface area contributed by atoms with E-state index in [0.717, 1.165) is 24.7 Å². The average Bonchev–Trinajstić information content (AvgIpc) is 2.30. The molecule has 96 valence electrons. The summed E-state index contributed by atoms with van der Waals surface area (Å²) in [6.07, 6.45) is 13.2. The molecule has 0 saturated carbocycles. The molecule has 16 heavy (non-hydrogen) atoms. The van der Waals surface area contributed by atoms with Crippen molar-refractivity contribution in [1.82, 2.24) is 0 Å². The molecule has 0 aliphatic heterocycles. The molecule has 2 unspecified atom stereocenters. The van der Waals surface area contributed by atoms with Gasteiger partial charge in [-0.2, -0.15) is 0 Å². The Bertz CT molecular complexity index is 112. The second-order valence-electron chi connectivity index (χ2n) is 5.09. The average molecular weight is 224 g/mol. The van der Waals surface area contributed by atoms with Crippen LogP contribution in [-0.4, -0.2) is 0 Å². The number of hydrogen-bond donors (Lipinski definition) is 0. The SMILES string of the molecule is [CH2]CCC(CCCC)C(CC[CH2])CCCC. The van der Waals surface area contributed by atoms with Gasteiger partial charge in [0.1, 0.15) is 0 Å². The Kier molecular flexibility index (Phi) is 11.5. The van der Waals surface area contributed by atoms with Crippen LogP contribution in [0.15, 0.2) is 0 Å². The summed E-state index contributed by atoms with van der Waals surface area (Å²) >= 11 is 0. The van der Waals surface area contributed by atoms with Crippen molar-refractivity contribution in [1.29, 1.82) is 0 Å². The molecule has 2 atom stereocenters. The van der Waals surface area contributed by atoms with Crippen LogP contribution in [-0.2, 0) is 0 Å². The third kappa shape index (κ3) is 7.30. The van der Waals surface area contributed by atoms with Gasteiger partial charge in [-0.1, -0.05) is 91.9 Å². The molecule has 0 saturated heterocycles. The molecular weight excluding hydrogens is 192 g/mol. The first-order chi connectivity index (χ1) is 7.79. The van der Waals surface area contributed by atoms with Gasteiger partial charge in [0.2, 0.25) is 0 Å². The number of rotatable bonds is 11. The highest BCUT2D eigenvalue weighted by atomic mass is 14.2. The second kappa shape index (κ2) is 11.5. The van der Waals surface area contributed by atoms with Gasteiger partial charge in [-0.15, -0.1) is 0 Å². The van der Waals surface area contributed by atoms with E-state index in [4.69, 9.17) is 0 Å². The van der Waals surface area contributed by atoms with Crippen LogP contribution >= 0.6 is 0 Å². The fourth-order valence-electron chi connectivity index (χ4n) is 2.69. The van der Waals surface area contributed by atoms with Crippen LogP contribution in [0.4, 0.5) is 0 Å². The smallest absolute Gasteiger partial charge is 0.0386 e. The van der Waals surface area contributed by atoms with Gasteiger partial charge >= 0.3 is 0 Å². The lowest BCUT2D eigenvalue weighted by Gasteiger charge is -2.27. The van der Waals surface area contributed by atoms with E-state index in [1.165, 1.54) is 51.4 Å². The Morgan fingerprint density at radius 2 is 1.06 bits per heavy atom. The van der Waals surface area contributed by atoms with Crippen LogP contribution in [0.25, 0.3) is 0 Å². The Balaban J connectivity index is 4.14. The minimum atomic E-state index is 0.922. The predicted molar refractivity (Wildman–Crippen MR) is 75.2 cm³/mol. The van der Waals surface area contributed by atoms with E-state index in [9.17, 15) is 0 Å². The predicted octanol–water partition coefficient (Wildman–Crippen LogP) is 5.83. The molecule has 0 rings (SSSR count). The van der Waals surface area contributed by atoms with Crippen LogP contribution in [0.2, 0.25) is 0 Å². The maximum Gasteiger partial charge on any atom is -0.0386 e. The Labute approximate surface area is 104 Å². The third-order valence-electron chi connectivity index (χ3n) is 3.67. The maximum atomic E-state index is 4.04. The number of hydrogen-bond acceptors (Lipinski definition) is 0.